The summed E-state index contributed by atoms with van der Waals surface area (Å²) in [5.41, 5.74) is 7.73. The van der Waals surface area contributed by atoms with Crippen molar-refractivity contribution in [2.24, 2.45) is 0 Å². The lowest BCUT2D eigenvalue weighted by atomic mass is 10.1. The van der Waals surface area contributed by atoms with E-state index in [2.05, 4.69) is 0 Å². The minimum absolute atomic E-state index is 0.114. The Bertz CT molecular complexity index is 617. The fourth-order valence-corrected chi connectivity index (χ4v) is 2.84. The molecule has 0 radical (unpaired) electrons. The van der Waals surface area contributed by atoms with Crippen molar-refractivity contribution in [3.63, 3.8) is 0 Å². The van der Waals surface area contributed by atoms with Crippen molar-refractivity contribution >= 4 is 34.7 Å². The van der Waals surface area contributed by atoms with Crippen molar-refractivity contribution in [3.05, 3.63) is 63.2 Å². The van der Waals surface area contributed by atoms with Gasteiger partial charge in [0.2, 0.25) is 0 Å². The number of non-ortho nitro benzene ring substituents is 1. The molecule has 2 N–H and O–H groups in total. The quantitative estimate of drug-likeness (QED) is 0.389. The van der Waals surface area contributed by atoms with Crippen molar-refractivity contribution in [2.45, 2.75) is 11.3 Å². The highest BCUT2D eigenvalue weighted by molar-refractivity contribution is 7.99. The van der Waals surface area contributed by atoms with Crippen LogP contribution in [-0.4, -0.2) is 10.7 Å². The molecule has 0 spiro atoms. The second kappa shape index (κ2) is 6.63. The Morgan fingerprint density at radius 3 is 2.50 bits per heavy atom. The van der Waals surface area contributed by atoms with Gasteiger partial charge in [-0.1, -0.05) is 23.7 Å². The topological polar surface area (TPSA) is 69.2 Å². The molecule has 0 heterocycles. The SMILES string of the molecule is Nc1cc(Cl)ccc1SCCc1ccc([N+](=O)[O-])cc1. The molecule has 6 heteroatoms. The summed E-state index contributed by atoms with van der Waals surface area (Å²) in [6.07, 6.45) is 0.824. The van der Waals surface area contributed by atoms with Gasteiger partial charge in [0, 0.05) is 33.5 Å². The van der Waals surface area contributed by atoms with Crippen LogP contribution in [0.15, 0.2) is 47.4 Å². The Kier molecular flexibility index (Phi) is 4.87. The maximum absolute atomic E-state index is 10.6. The molecule has 0 unspecified atom stereocenters. The molecule has 2 aromatic rings. The summed E-state index contributed by atoms with van der Waals surface area (Å²) < 4.78 is 0. The van der Waals surface area contributed by atoms with E-state index in [1.54, 1.807) is 30.0 Å². The molecule has 0 saturated heterocycles. The van der Waals surface area contributed by atoms with Gasteiger partial charge < -0.3 is 5.73 Å². The predicted molar refractivity (Wildman–Crippen MR) is 83.4 cm³/mol. The van der Waals surface area contributed by atoms with Gasteiger partial charge in [0.25, 0.3) is 5.69 Å². The number of benzene rings is 2. The van der Waals surface area contributed by atoms with Gasteiger partial charge in [-0.05, 0) is 30.2 Å². The van der Waals surface area contributed by atoms with Crippen LogP contribution in [0.2, 0.25) is 5.02 Å². The van der Waals surface area contributed by atoms with Gasteiger partial charge in [0.05, 0.1) is 4.92 Å². The van der Waals surface area contributed by atoms with Crippen LogP contribution in [0.1, 0.15) is 5.56 Å². The van der Waals surface area contributed by atoms with Gasteiger partial charge in [0.15, 0.2) is 0 Å². The zero-order valence-electron chi connectivity index (χ0n) is 10.6. The molecular weight excluding hydrogens is 296 g/mol. The van der Waals surface area contributed by atoms with Crippen LogP contribution >= 0.6 is 23.4 Å². The molecule has 2 aromatic carbocycles. The van der Waals surface area contributed by atoms with Gasteiger partial charge >= 0.3 is 0 Å². The van der Waals surface area contributed by atoms with Crippen LogP contribution in [-0.2, 0) is 6.42 Å². The first-order chi connectivity index (χ1) is 9.56. The molecule has 0 aromatic heterocycles. The molecule has 104 valence electrons. The largest absolute Gasteiger partial charge is 0.398 e. The molecule has 0 aliphatic carbocycles. The molecule has 0 aliphatic rings. The van der Waals surface area contributed by atoms with E-state index in [0.29, 0.717) is 10.7 Å². The molecule has 0 saturated carbocycles. The van der Waals surface area contributed by atoms with Crippen LogP contribution in [0.5, 0.6) is 0 Å². The summed E-state index contributed by atoms with van der Waals surface area (Å²) in [6, 6.07) is 12.1. The smallest absolute Gasteiger partial charge is 0.269 e. The number of nitrogen functional groups attached to an aromatic ring is 1. The highest BCUT2D eigenvalue weighted by Crippen LogP contribution is 2.28. The Morgan fingerprint density at radius 1 is 1.20 bits per heavy atom. The van der Waals surface area contributed by atoms with E-state index in [1.165, 1.54) is 12.1 Å². The molecule has 0 atom stereocenters. The number of aryl methyl sites for hydroxylation is 1. The number of hydrogen-bond donors (Lipinski definition) is 1. The third-order valence-electron chi connectivity index (χ3n) is 2.77. The first-order valence-electron chi connectivity index (χ1n) is 5.97. The monoisotopic (exact) mass is 308 g/mol. The first kappa shape index (κ1) is 14.7. The van der Waals surface area contributed by atoms with E-state index < -0.39 is 4.92 Å². The Hall–Kier alpha value is -1.72. The van der Waals surface area contributed by atoms with E-state index in [1.807, 2.05) is 12.1 Å². The van der Waals surface area contributed by atoms with Crippen LogP contribution in [0, 0.1) is 10.1 Å². The third-order valence-corrected chi connectivity index (χ3v) is 4.09. The van der Waals surface area contributed by atoms with Crippen LogP contribution in [0.4, 0.5) is 11.4 Å². The third kappa shape index (κ3) is 3.88. The highest BCUT2D eigenvalue weighted by atomic mass is 35.5. The average Bonchev–Trinajstić information content (AvgIpc) is 2.42. The minimum atomic E-state index is -0.396. The summed E-state index contributed by atoms with van der Waals surface area (Å²) in [5, 5.41) is 11.2. The Morgan fingerprint density at radius 2 is 1.90 bits per heavy atom. The van der Waals surface area contributed by atoms with Crippen LogP contribution in [0.25, 0.3) is 0 Å². The number of nitrogens with two attached hydrogens (primary N) is 1. The van der Waals surface area contributed by atoms with Crippen molar-refractivity contribution in [1.82, 2.24) is 0 Å². The van der Waals surface area contributed by atoms with Crippen molar-refractivity contribution in [3.8, 4) is 0 Å². The first-order valence-corrected chi connectivity index (χ1v) is 7.34. The maximum atomic E-state index is 10.6. The molecular formula is C14H13ClN2O2S. The lowest BCUT2D eigenvalue weighted by Crippen LogP contribution is -1.93. The number of halogens is 1. The van der Waals surface area contributed by atoms with E-state index in [0.717, 1.165) is 22.6 Å². The highest BCUT2D eigenvalue weighted by Gasteiger charge is 2.05. The lowest BCUT2D eigenvalue weighted by molar-refractivity contribution is -0.384. The van der Waals surface area contributed by atoms with Crippen molar-refractivity contribution in [2.75, 3.05) is 11.5 Å². The molecule has 0 fully saturated rings. The molecule has 0 aliphatic heterocycles. The second-order valence-electron chi connectivity index (χ2n) is 4.20. The van der Waals surface area contributed by atoms with Crippen molar-refractivity contribution in [1.29, 1.82) is 0 Å². The standard InChI is InChI=1S/C14H13ClN2O2S/c15-11-3-6-14(13(16)9-11)20-8-7-10-1-4-12(5-2-10)17(18)19/h1-6,9H,7-8,16H2. The Labute approximate surface area is 126 Å². The fraction of sp³-hybridized carbons (Fsp3) is 0.143. The van der Waals surface area contributed by atoms with Gasteiger partial charge in [-0.2, -0.15) is 0 Å². The van der Waals surface area contributed by atoms with Crippen LogP contribution in [0.3, 0.4) is 0 Å². The molecule has 0 amide bonds. The lowest BCUT2D eigenvalue weighted by Gasteiger charge is -2.06. The number of hydrogen-bond acceptors (Lipinski definition) is 4. The fourth-order valence-electron chi connectivity index (χ4n) is 1.71. The van der Waals surface area contributed by atoms with Crippen molar-refractivity contribution < 1.29 is 4.92 Å². The van der Waals surface area contributed by atoms with Gasteiger partial charge in [0.1, 0.15) is 0 Å². The number of nitrogens with zero attached hydrogens (tertiary/aromatic N) is 1. The predicted octanol–water partition coefficient (Wildman–Crippen LogP) is 4.17. The summed E-state index contributed by atoms with van der Waals surface area (Å²) in [5.74, 6) is 0.851. The molecule has 2 rings (SSSR count). The Balaban J connectivity index is 1.91. The number of thioether (sulfide) groups is 1. The zero-order chi connectivity index (χ0) is 14.5. The normalized spacial score (nSPS) is 10.4. The molecule has 20 heavy (non-hydrogen) atoms. The van der Waals surface area contributed by atoms with E-state index >= 15 is 0 Å². The van der Waals surface area contributed by atoms with Gasteiger partial charge in [-0.3, -0.25) is 10.1 Å². The number of nitro benzene ring substituents is 1. The van der Waals surface area contributed by atoms with E-state index in [9.17, 15) is 10.1 Å². The zero-order valence-corrected chi connectivity index (χ0v) is 12.2. The van der Waals surface area contributed by atoms with Gasteiger partial charge in [-0.15, -0.1) is 11.8 Å². The number of rotatable bonds is 5. The summed E-state index contributed by atoms with van der Waals surface area (Å²) in [4.78, 5) is 11.2. The van der Waals surface area contributed by atoms with E-state index in [4.69, 9.17) is 17.3 Å². The van der Waals surface area contributed by atoms with Gasteiger partial charge in [-0.25, -0.2) is 0 Å². The summed E-state index contributed by atoms with van der Waals surface area (Å²) >= 11 is 7.49. The average molecular weight is 309 g/mol. The van der Waals surface area contributed by atoms with Crippen LogP contribution < -0.4 is 5.73 Å². The number of nitro groups is 1. The summed E-state index contributed by atoms with van der Waals surface area (Å²) in [6.45, 7) is 0. The maximum Gasteiger partial charge on any atom is 0.269 e. The minimum Gasteiger partial charge on any atom is -0.398 e. The second-order valence-corrected chi connectivity index (χ2v) is 5.78. The molecule has 0 bridgehead atoms. The number of anilines is 1. The summed E-state index contributed by atoms with van der Waals surface area (Å²) in [7, 11) is 0. The molecule has 4 nitrogen and oxygen atoms in total. The van der Waals surface area contributed by atoms with E-state index in [-0.39, 0.29) is 5.69 Å².